The minimum absolute atomic E-state index is 0.682. The number of hydrogen-bond donors (Lipinski definition) is 1. The molecule has 2 nitrogen and oxygen atoms in total. The first-order chi connectivity index (χ1) is 7.85. The topological polar surface area (TPSA) is 29.3 Å². The van der Waals surface area contributed by atoms with Gasteiger partial charge in [0.05, 0.1) is 0 Å². The Balaban J connectivity index is 1.92. The highest BCUT2D eigenvalue weighted by Crippen LogP contribution is 2.31. The summed E-state index contributed by atoms with van der Waals surface area (Å²) >= 11 is 0. The van der Waals surface area contributed by atoms with E-state index in [4.69, 9.17) is 5.73 Å². The van der Waals surface area contributed by atoms with Gasteiger partial charge in [-0.15, -0.1) is 0 Å². The highest BCUT2D eigenvalue weighted by Gasteiger charge is 2.31. The maximum atomic E-state index is 5.98. The Labute approximate surface area is 101 Å². The summed E-state index contributed by atoms with van der Waals surface area (Å²) in [7, 11) is 0. The molecule has 2 unspecified atom stereocenters. The summed E-state index contributed by atoms with van der Waals surface area (Å²) in [6.45, 7) is 4.51. The summed E-state index contributed by atoms with van der Waals surface area (Å²) in [5, 5.41) is 0. The van der Waals surface area contributed by atoms with Gasteiger partial charge in [0.2, 0.25) is 0 Å². The van der Waals surface area contributed by atoms with Crippen LogP contribution in [-0.4, -0.2) is 30.1 Å². The van der Waals surface area contributed by atoms with E-state index in [9.17, 15) is 0 Å². The SMILES string of the molecule is CCC1CCN(C2CCCCC2)C(CN)C1. The Morgan fingerprint density at radius 2 is 1.88 bits per heavy atom. The van der Waals surface area contributed by atoms with Gasteiger partial charge < -0.3 is 5.73 Å². The lowest BCUT2D eigenvalue weighted by Crippen LogP contribution is -2.51. The van der Waals surface area contributed by atoms with Crippen LogP contribution < -0.4 is 5.73 Å². The molecule has 2 rings (SSSR count). The summed E-state index contributed by atoms with van der Waals surface area (Å²) < 4.78 is 0. The number of nitrogens with zero attached hydrogens (tertiary/aromatic N) is 1. The van der Waals surface area contributed by atoms with Crippen molar-refractivity contribution >= 4 is 0 Å². The largest absolute Gasteiger partial charge is 0.329 e. The van der Waals surface area contributed by atoms with Crippen LogP contribution in [0.2, 0.25) is 0 Å². The second-order valence-corrected chi connectivity index (χ2v) is 5.72. The van der Waals surface area contributed by atoms with E-state index in [0.29, 0.717) is 6.04 Å². The standard InChI is InChI=1S/C14H28N2/c1-2-12-8-9-16(14(10-12)11-15)13-6-4-3-5-7-13/h12-14H,2-11,15H2,1H3. The van der Waals surface area contributed by atoms with Crippen LogP contribution in [0, 0.1) is 5.92 Å². The lowest BCUT2D eigenvalue weighted by atomic mass is 9.85. The van der Waals surface area contributed by atoms with Gasteiger partial charge in [-0.3, -0.25) is 4.90 Å². The molecule has 0 radical (unpaired) electrons. The molecule has 16 heavy (non-hydrogen) atoms. The van der Waals surface area contributed by atoms with Gasteiger partial charge in [0.15, 0.2) is 0 Å². The van der Waals surface area contributed by atoms with Crippen molar-refractivity contribution in [2.75, 3.05) is 13.1 Å². The lowest BCUT2D eigenvalue weighted by Gasteiger charge is -2.44. The Hall–Kier alpha value is -0.0800. The summed E-state index contributed by atoms with van der Waals surface area (Å²) in [5.41, 5.74) is 5.98. The lowest BCUT2D eigenvalue weighted by molar-refractivity contribution is 0.0528. The molecule has 2 atom stereocenters. The molecule has 0 amide bonds. The van der Waals surface area contributed by atoms with Crippen molar-refractivity contribution in [2.24, 2.45) is 11.7 Å². The van der Waals surface area contributed by atoms with Crippen LogP contribution in [0.1, 0.15) is 58.3 Å². The van der Waals surface area contributed by atoms with E-state index in [2.05, 4.69) is 11.8 Å². The van der Waals surface area contributed by atoms with E-state index in [0.717, 1.165) is 18.5 Å². The van der Waals surface area contributed by atoms with E-state index >= 15 is 0 Å². The molecule has 1 saturated carbocycles. The van der Waals surface area contributed by atoms with E-state index in [1.54, 1.807) is 0 Å². The maximum absolute atomic E-state index is 5.98. The second kappa shape index (κ2) is 6.02. The molecule has 2 heteroatoms. The number of nitrogens with two attached hydrogens (primary N) is 1. The molecular weight excluding hydrogens is 196 g/mol. The van der Waals surface area contributed by atoms with Crippen LogP contribution in [0.5, 0.6) is 0 Å². The van der Waals surface area contributed by atoms with Crippen molar-refractivity contribution in [1.82, 2.24) is 4.90 Å². The zero-order chi connectivity index (χ0) is 11.4. The first-order valence-corrected chi connectivity index (χ1v) is 7.31. The molecule has 0 aromatic rings. The van der Waals surface area contributed by atoms with E-state index in [-0.39, 0.29) is 0 Å². The van der Waals surface area contributed by atoms with Crippen molar-refractivity contribution in [3.8, 4) is 0 Å². The molecular formula is C14H28N2. The van der Waals surface area contributed by atoms with Crippen LogP contribution >= 0.6 is 0 Å². The van der Waals surface area contributed by atoms with Crippen LogP contribution in [-0.2, 0) is 0 Å². The third-order valence-corrected chi connectivity index (χ3v) is 4.76. The minimum atomic E-state index is 0.682. The zero-order valence-corrected chi connectivity index (χ0v) is 10.8. The molecule has 2 N–H and O–H groups in total. The molecule has 2 fully saturated rings. The fourth-order valence-corrected chi connectivity index (χ4v) is 3.65. The van der Waals surface area contributed by atoms with Gasteiger partial charge in [0, 0.05) is 18.6 Å². The highest BCUT2D eigenvalue weighted by atomic mass is 15.2. The fourth-order valence-electron chi connectivity index (χ4n) is 3.65. The van der Waals surface area contributed by atoms with Gasteiger partial charge >= 0.3 is 0 Å². The normalized spacial score (nSPS) is 34.1. The quantitative estimate of drug-likeness (QED) is 0.798. The summed E-state index contributed by atoms with van der Waals surface area (Å²) in [6.07, 6.45) is 11.3. The van der Waals surface area contributed by atoms with Crippen LogP contribution in [0.15, 0.2) is 0 Å². The van der Waals surface area contributed by atoms with Crippen molar-refractivity contribution in [1.29, 1.82) is 0 Å². The van der Waals surface area contributed by atoms with Crippen LogP contribution in [0.3, 0.4) is 0 Å². The van der Waals surface area contributed by atoms with Crippen molar-refractivity contribution < 1.29 is 0 Å². The summed E-state index contributed by atoms with van der Waals surface area (Å²) in [4.78, 5) is 2.76. The van der Waals surface area contributed by atoms with Gasteiger partial charge in [-0.25, -0.2) is 0 Å². The predicted octanol–water partition coefficient (Wildman–Crippen LogP) is 2.77. The molecule has 0 bridgehead atoms. The summed E-state index contributed by atoms with van der Waals surface area (Å²) in [5.74, 6) is 0.938. The molecule has 1 aliphatic heterocycles. The number of likely N-dealkylation sites (tertiary alicyclic amines) is 1. The average Bonchev–Trinajstić information content (AvgIpc) is 2.39. The van der Waals surface area contributed by atoms with E-state index in [1.165, 1.54) is 57.9 Å². The number of hydrogen-bond acceptors (Lipinski definition) is 2. The highest BCUT2D eigenvalue weighted by molar-refractivity contribution is 4.87. The molecule has 0 aromatic heterocycles. The van der Waals surface area contributed by atoms with Crippen molar-refractivity contribution in [3.05, 3.63) is 0 Å². The molecule has 1 aliphatic carbocycles. The van der Waals surface area contributed by atoms with E-state index < -0.39 is 0 Å². The Bertz CT molecular complexity index is 199. The average molecular weight is 224 g/mol. The Kier molecular flexibility index (Phi) is 4.66. The van der Waals surface area contributed by atoms with Gasteiger partial charge in [0.1, 0.15) is 0 Å². The monoisotopic (exact) mass is 224 g/mol. The predicted molar refractivity (Wildman–Crippen MR) is 69.4 cm³/mol. The smallest absolute Gasteiger partial charge is 0.0223 e. The van der Waals surface area contributed by atoms with Crippen LogP contribution in [0.4, 0.5) is 0 Å². The Morgan fingerprint density at radius 1 is 1.12 bits per heavy atom. The van der Waals surface area contributed by atoms with Crippen molar-refractivity contribution in [3.63, 3.8) is 0 Å². The summed E-state index contributed by atoms with van der Waals surface area (Å²) in [6, 6.07) is 1.54. The minimum Gasteiger partial charge on any atom is -0.329 e. The zero-order valence-electron chi connectivity index (χ0n) is 10.8. The van der Waals surface area contributed by atoms with Gasteiger partial charge in [-0.05, 0) is 38.1 Å². The molecule has 94 valence electrons. The first kappa shape index (κ1) is 12.4. The first-order valence-electron chi connectivity index (χ1n) is 7.31. The van der Waals surface area contributed by atoms with Gasteiger partial charge in [-0.1, -0.05) is 32.6 Å². The molecule has 0 aromatic carbocycles. The maximum Gasteiger partial charge on any atom is 0.0223 e. The molecule has 0 spiro atoms. The number of rotatable bonds is 3. The number of piperidine rings is 1. The Morgan fingerprint density at radius 3 is 2.50 bits per heavy atom. The fraction of sp³-hybridized carbons (Fsp3) is 1.00. The van der Waals surface area contributed by atoms with Gasteiger partial charge in [0.25, 0.3) is 0 Å². The van der Waals surface area contributed by atoms with E-state index in [1.807, 2.05) is 0 Å². The molecule has 2 aliphatic rings. The second-order valence-electron chi connectivity index (χ2n) is 5.72. The van der Waals surface area contributed by atoms with Gasteiger partial charge in [-0.2, -0.15) is 0 Å². The molecule has 1 saturated heterocycles. The third-order valence-electron chi connectivity index (χ3n) is 4.76. The van der Waals surface area contributed by atoms with Crippen molar-refractivity contribution in [2.45, 2.75) is 70.4 Å². The van der Waals surface area contributed by atoms with Crippen LogP contribution in [0.25, 0.3) is 0 Å². The third kappa shape index (κ3) is 2.78. The molecule has 1 heterocycles.